The first kappa shape index (κ1) is 13.7. The van der Waals surface area contributed by atoms with Crippen LogP contribution in [0.25, 0.3) is 5.65 Å². The second kappa shape index (κ2) is 5.13. The molecule has 1 atom stereocenters. The van der Waals surface area contributed by atoms with E-state index >= 15 is 0 Å². The van der Waals surface area contributed by atoms with Crippen molar-refractivity contribution in [3.63, 3.8) is 0 Å². The summed E-state index contributed by atoms with van der Waals surface area (Å²) in [5, 5.41) is 25.0. The molecule has 0 aliphatic carbocycles. The van der Waals surface area contributed by atoms with Crippen LogP contribution in [0.15, 0.2) is 12.1 Å². The molecule has 19 heavy (non-hydrogen) atoms. The van der Waals surface area contributed by atoms with Gasteiger partial charge in [0.25, 0.3) is 0 Å². The average molecular weight is 263 g/mol. The highest BCUT2D eigenvalue weighted by atomic mass is 16.3. The molecule has 0 fully saturated rings. The number of nitrogens with one attached hydrogen (secondary N) is 1. The first-order chi connectivity index (χ1) is 8.91. The molecule has 0 aliphatic heterocycles. The van der Waals surface area contributed by atoms with E-state index in [1.54, 1.807) is 4.52 Å². The highest BCUT2D eigenvalue weighted by Gasteiger charge is 2.21. The van der Waals surface area contributed by atoms with Gasteiger partial charge in [0.2, 0.25) is 0 Å². The number of nitrogens with zero attached hydrogens (tertiary/aromatic N) is 4. The van der Waals surface area contributed by atoms with Crippen LogP contribution >= 0.6 is 0 Å². The van der Waals surface area contributed by atoms with Gasteiger partial charge in [-0.05, 0) is 25.5 Å². The van der Waals surface area contributed by atoms with E-state index in [0.717, 1.165) is 17.3 Å². The summed E-state index contributed by atoms with van der Waals surface area (Å²) in [4.78, 5) is 0. The highest BCUT2D eigenvalue weighted by Crippen LogP contribution is 2.20. The predicted molar refractivity (Wildman–Crippen MR) is 74.3 cm³/mol. The number of aromatic nitrogens is 4. The fraction of sp³-hybridized carbons (Fsp3) is 0.615. The van der Waals surface area contributed by atoms with Crippen molar-refractivity contribution in [3.8, 4) is 0 Å². The minimum atomic E-state index is -0.109. The summed E-state index contributed by atoms with van der Waals surface area (Å²) in [6.45, 7) is 8.42. The Morgan fingerprint density at radius 3 is 2.68 bits per heavy atom. The minimum absolute atomic E-state index is 0.109. The normalized spacial score (nSPS) is 13.7. The fourth-order valence-corrected chi connectivity index (χ4v) is 1.85. The lowest BCUT2D eigenvalue weighted by Gasteiger charge is -2.16. The van der Waals surface area contributed by atoms with E-state index in [1.807, 2.05) is 19.1 Å². The van der Waals surface area contributed by atoms with E-state index in [2.05, 4.69) is 41.4 Å². The molecule has 0 spiro atoms. The maximum absolute atomic E-state index is 8.92. The van der Waals surface area contributed by atoms with Crippen molar-refractivity contribution in [2.45, 2.75) is 45.6 Å². The number of hydrogen-bond donors (Lipinski definition) is 2. The predicted octanol–water partition coefficient (Wildman–Crippen LogP) is 1.60. The number of anilines is 1. The van der Waals surface area contributed by atoms with Gasteiger partial charge in [-0.1, -0.05) is 20.8 Å². The molecule has 0 saturated heterocycles. The van der Waals surface area contributed by atoms with Gasteiger partial charge in [-0.25, -0.2) is 0 Å². The van der Waals surface area contributed by atoms with Crippen LogP contribution < -0.4 is 5.32 Å². The van der Waals surface area contributed by atoms with Gasteiger partial charge >= 0.3 is 0 Å². The molecule has 2 aromatic heterocycles. The summed E-state index contributed by atoms with van der Waals surface area (Å²) in [5.41, 5.74) is 0.632. The zero-order valence-corrected chi connectivity index (χ0v) is 11.9. The summed E-state index contributed by atoms with van der Waals surface area (Å²) in [7, 11) is 0. The van der Waals surface area contributed by atoms with E-state index in [1.165, 1.54) is 0 Å². The molecule has 6 nitrogen and oxygen atoms in total. The molecule has 1 unspecified atom stereocenters. The van der Waals surface area contributed by atoms with E-state index < -0.39 is 0 Å². The quantitative estimate of drug-likeness (QED) is 0.876. The molecular formula is C13H21N5O. The van der Waals surface area contributed by atoms with Gasteiger partial charge < -0.3 is 10.4 Å². The monoisotopic (exact) mass is 263 g/mol. The Hall–Kier alpha value is -1.69. The minimum Gasteiger partial charge on any atom is -0.396 e. The molecule has 0 saturated carbocycles. The third-order valence-corrected chi connectivity index (χ3v) is 2.89. The maximum atomic E-state index is 8.92. The van der Waals surface area contributed by atoms with Crippen LogP contribution in [0.2, 0.25) is 0 Å². The number of hydrogen-bond acceptors (Lipinski definition) is 5. The van der Waals surface area contributed by atoms with Gasteiger partial charge in [0.15, 0.2) is 11.5 Å². The molecular weight excluding hydrogens is 242 g/mol. The molecule has 0 aliphatic rings. The Kier molecular flexibility index (Phi) is 3.71. The van der Waals surface area contributed by atoms with Crippen LogP contribution in [0.5, 0.6) is 0 Å². The van der Waals surface area contributed by atoms with E-state index in [4.69, 9.17) is 5.11 Å². The molecule has 2 heterocycles. The summed E-state index contributed by atoms with van der Waals surface area (Å²) in [6.07, 6.45) is 0.689. The summed E-state index contributed by atoms with van der Waals surface area (Å²) in [5.74, 6) is 1.60. The third kappa shape index (κ3) is 3.01. The third-order valence-electron chi connectivity index (χ3n) is 2.89. The highest BCUT2D eigenvalue weighted by molar-refractivity contribution is 5.44. The lowest BCUT2D eigenvalue weighted by atomic mass is 9.96. The van der Waals surface area contributed by atoms with Crippen LogP contribution in [0, 0.1) is 0 Å². The van der Waals surface area contributed by atoms with Crippen LogP contribution in [0.1, 0.15) is 39.9 Å². The molecule has 6 heteroatoms. The van der Waals surface area contributed by atoms with Crippen molar-refractivity contribution in [2.24, 2.45) is 0 Å². The Morgan fingerprint density at radius 1 is 1.32 bits per heavy atom. The van der Waals surface area contributed by atoms with Crippen molar-refractivity contribution in [2.75, 3.05) is 11.9 Å². The van der Waals surface area contributed by atoms with Crippen molar-refractivity contribution in [3.05, 3.63) is 18.0 Å². The lowest BCUT2D eigenvalue weighted by Crippen LogP contribution is -2.20. The first-order valence-corrected chi connectivity index (χ1v) is 6.52. The molecule has 2 aromatic rings. The molecule has 0 aromatic carbocycles. The maximum Gasteiger partial charge on any atom is 0.178 e. The lowest BCUT2D eigenvalue weighted by molar-refractivity contribution is 0.282. The number of aliphatic hydroxyl groups excluding tert-OH is 1. The van der Waals surface area contributed by atoms with Gasteiger partial charge in [0, 0.05) is 18.1 Å². The molecule has 0 radical (unpaired) electrons. The second-order valence-corrected chi connectivity index (χ2v) is 5.82. The summed E-state index contributed by atoms with van der Waals surface area (Å²) >= 11 is 0. The zero-order valence-electron chi connectivity index (χ0n) is 11.9. The average Bonchev–Trinajstić information content (AvgIpc) is 2.71. The SMILES string of the molecule is CC(CCO)Nc1ccc2nnc(C(C)(C)C)n2n1. The fourth-order valence-electron chi connectivity index (χ4n) is 1.85. The number of rotatable bonds is 4. The number of fused-ring (bicyclic) bond motifs is 1. The van der Waals surface area contributed by atoms with Crippen LogP contribution in [-0.2, 0) is 5.41 Å². The Bertz CT molecular complexity index is 558. The molecule has 0 amide bonds. The molecule has 104 valence electrons. The Morgan fingerprint density at radius 2 is 2.05 bits per heavy atom. The van der Waals surface area contributed by atoms with Crippen LogP contribution in [0.4, 0.5) is 5.82 Å². The standard InChI is InChI=1S/C13H21N5O/c1-9(7-8-19)14-10-5-6-11-15-16-12(13(2,3)4)18(11)17-10/h5-6,9,19H,7-8H2,1-4H3,(H,14,17). The van der Waals surface area contributed by atoms with Crippen LogP contribution in [-0.4, -0.2) is 37.6 Å². The summed E-state index contributed by atoms with van der Waals surface area (Å²) in [6, 6.07) is 3.94. The van der Waals surface area contributed by atoms with Crippen molar-refractivity contribution in [1.82, 2.24) is 19.8 Å². The van der Waals surface area contributed by atoms with Gasteiger partial charge in [0.1, 0.15) is 5.82 Å². The topological polar surface area (TPSA) is 75.3 Å². The van der Waals surface area contributed by atoms with E-state index in [9.17, 15) is 0 Å². The molecule has 2 rings (SSSR count). The zero-order chi connectivity index (χ0) is 14.0. The Labute approximate surface area is 112 Å². The van der Waals surface area contributed by atoms with Crippen molar-refractivity contribution in [1.29, 1.82) is 0 Å². The largest absolute Gasteiger partial charge is 0.396 e. The smallest absolute Gasteiger partial charge is 0.178 e. The van der Waals surface area contributed by atoms with E-state index in [-0.39, 0.29) is 18.1 Å². The van der Waals surface area contributed by atoms with E-state index in [0.29, 0.717) is 6.42 Å². The van der Waals surface area contributed by atoms with Crippen molar-refractivity contribution < 1.29 is 5.11 Å². The molecule has 2 N–H and O–H groups in total. The second-order valence-electron chi connectivity index (χ2n) is 5.82. The van der Waals surface area contributed by atoms with Gasteiger partial charge in [-0.2, -0.15) is 4.52 Å². The van der Waals surface area contributed by atoms with Crippen LogP contribution in [0.3, 0.4) is 0 Å². The Balaban J connectivity index is 2.33. The van der Waals surface area contributed by atoms with Gasteiger partial charge in [0.05, 0.1) is 0 Å². The van der Waals surface area contributed by atoms with Gasteiger partial charge in [-0.15, -0.1) is 15.3 Å². The summed E-state index contributed by atoms with van der Waals surface area (Å²) < 4.78 is 1.77. The van der Waals surface area contributed by atoms with Gasteiger partial charge in [-0.3, -0.25) is 0 Å². The number of aliphatic hydroxyl groups is 1. The molecule has 0 bridgehead atoms. The van der Waals surface area contributed by atoms with Crippen molar-refractivity contribution >= 4 is 11.5 Å². The first-order valence-electron chi connectivity index (χ1n) is 6.52.